The summed E-state index contributed by atoms with van der Waals surface area (Å²) < 4.78 is 4.92. The van der Waals surface area contributed by atoms with Crippen LogP contribution in [0.25, 0.3) is 0 Å². The van der Waals surface area contributed by atoms with Gasteiger partial charge in [0.15, 0.2) is 0 Å². The van der Waals surface area contributed by atoms with Crippen LogP contribution in [0.4, 0.5) is 5.69 Å². The lowest BCUT2D eigenvalue weighted by molar-refractivity contribution is -0.143. The zero-order valence-corrected chi connectivity index (χ0v) is 10.8. The molecule has 1 unspecified atom stereocenters. The van der Waals surface area contributed by atoms with Crippen LogP contribution in [0, 0.1) is 0 Å². The maximum absolute atomic E-state index is 10.8. The number of benzene rings is 1. The van der Waals surface area contributed by atoms with Crippen LogP contribution in [-0.2, 0) is 9.53 Å². The van der Waals surface area contributed by atoms with Gasteiger partial charge in [-0.3, -0.25) is 0 Å². The van der Waals surface area contributed by atoms with Gasteiger partial charge in [0.2, 0.25) is 0 Å². The third kappa shape index (κ3) is 8.08. The fraction of sp³-hybridized carbons (Fsp3) is 0.357. The second kappa shape index (κ2) is 8.39. The van der Waals surface area contributed by atoms with Crippen LogP contribution >= 0.6 is 0 Å². The molecule has 2 N–H and O–H groups in total. The van der Waals surface area contributed by atoms with Gasteiger partial charge in [-0.2, -0.15) is 0 Å². The first kappa shape index (κ1) is 15.2. The summed E-state index contributed by atoms with van der Waals surface area (Å²) in [5.41, 5.74) is 6.64. The number of para-hydroxylation sites is 1. The third-order valence-electron chi connectivity index (χ3n) is 2.03. The Morgan fingerprint density at radius 3 is 2.24 bits per heavy atom. The highest BCUT2D eigenvalue weighted by Crippen LogP contribution is 2.00. The lowest BCUT2D eigenvalue weighted by Gasteiger charge is -2.09. The molecule has 3 nitrogen and oxygen atoms in total. The number of ether oxygens (including phenoxy) is 1. The maximum atomic E-state index is 10.8. The molecule has 0 saturated carbocycles. The van der Waals surface area contributed by atoms with Gasteiger partial charge in [0.25, 0.3) is 0 Å². The van der Waals surface area contributed by atoms with Crippen LogP contribution in [0.3, 0.4) is 0 Å². The van der Waals surface area contributed by atoms with Gasteiger partial charge in [-0.25, -0.2) is 4.79 Å². The van der Waals surface area contributed by atoms with Crippen LogP contribution < -0.4 is 5.73 Å². The molecule has 1 rings (SSSR count). The Hall–Kier alpha value is -1.77. The fourth-order valence-electron chi connectivity index (χ4n) is 0.820. The zero-order valence-electron chi connectivity index (χ0n) is 10.8. The molecular weight excluding hydrogens is 214 g/mol. The smallest absolute Gasteiger partial charge is 0.333 e. The first-order chi connectivity index (χ1) is 7.97. The molecule has 0 aliphatic rings. The van der Waals surface area contributed by atoms with Crippen LogP contribution in [0.15, 0.2) is 42.5 Å². The Morgan fingerprint density at radius 1 is 1.41 bits per heavy atom. The summed E-state index contributed by atoms with van der Waals surface area (Å²) in [7, 11) is 0. The molecule has 17 heavy (non-hydrogen) atoms. The Morgan fingerprint density at radius 2 is 1.94 bits per heavy atom. The maximum Gasteiger partial charge on any atom is 0.333 e. The van der Waals surface area contributed by atoms with E-state index in [1.165, 1.54) is 0 Å². The molecule has 0 aliphatic carbocycles. The highest BCUT2D eigenvalue weighted by molar-refractivity contribution is 5.87. The van der Waals surface area contributed by atoms with Crippen molar-refractivity contribution >= 4 is 11.7 Å². The van der Waals surface area contributed by atoms with E-state index in [0.717, 1.165) is 12.1 Å². The van der Waals surface area contributed by atoms with Crippen LogP contribution in [0.5, 0.6) is 0 Å². The predicted molar refractivity (Wildman–Crippen MR) is 71.5 cm³/mol. The highest BCUT2D eigenvalue weighted by atomic mass is 16.5. The minimum Gasteiger partial charge on any atom is -0.459 e. The number of nitrogens with two attached hydrogens (primary N) is 1. The molecule has 0 aromatic heterocycles. The minimum absolute atomic E-state index is 0.00389. The van der Waals surface area contributed by atoms with Gasteiger partial charge < -0.3 is 10.5 Å². The number of carbonyl (C=O) groups is 1. The fourth-order valence-corrected chi connectivity index (χ4v) is 0.820. The van der Waals surface area contributed by atoms with Crippen molar-refractivity contribution in [2.24, 2.45) is 0 Å². The first-order valence-corrected chi connectivity index (χ1v) is 5.64. The topological polar surface area (TPSA) is 52.3 Å². The number of hydrogen-bond acceptors (Lipinski definition) is 3. The first-order valence-electron chi connectivity index (χ1n) is 5.64. The summed E-state index contributed by atoms with van der Waals surface area (Å²) in [5, 5.41) is 0. The van der Waals surface area contributed by atoms with Gasteiger partial charge in [-0.1, -0.05) is 31.7 Å². The molecule has 0 spiro atoms. The van der Waals surface area contributed by atoms with Crippen LogP contribution in [0.2, 0.25) is 0 Å². The third-order valence-corrected chi connectivity index (χ3v) is 2.03. The van der Waals surface area contributed by atoms with Crippen LogP contribution in [0.1, 0.15) is 27.2 Å². The monoisotopic (exact) mass is 235 g/mol. The lowest BCUT2D eigenvalue weighted by atomic mass is 10.3. The second-order valence-electron chi connectivity index (χ2n) is 3.82. The summed E-state index contributed by atoms with van der Waals surface area (Å²) >= 11 is 0. The predicted octanol–water partition coefficient (Wildman–Crippen LogP) is 3.17. The minimum atomic E-state index is -0.297. The summed E-state index contributed by atoms with van der Waals surface area (Å²) in [5.74, 6) is -0.297. The van der Waals surface area contributed by atoms with Crippen molar-refractivity contribution in [3.63, 3.8) is 0 Å². The van der Waals surface area contributed by atoms with Gasteiger partial charge in [0.05, 0.1) is 6.10 Å². The van der Waals surface area contributed by atoms with Gasteiger partial charge in [0.1, 0.15) is 0 Å². The summed E-state index contributed by atoms with van der Waals surface area (Å²) in [6.07, 6.45) is 0.850. The van der Waals surface area contributed by atoms with Crippen molar-refractivity contribution in [3.8, 4) is 0 Å². The molecule has 3 heteroatoms. The van der Waals surface area contributed by atoms with Crippen molar-refractivity contribution in [2.75, 3.05) is 5.73 Å². The molecule has 0 fully saturated rings. The van der Waals surface area contributed by atoms with E-state index in [2.05, 4.69) is 6.58 Å². The molecule has 1 atom stereocenters. The molecule has 94 valence electrons. The average Bonchev–Trinajstić information content (AvgIpc) is 2.30. The van der Waals surface area contributed by atoms with Crippen LogP contribution in [-0.4, -0.2) is 12.1 Å². The normalized spacial score (nSPS) is 10.8. The van der Waals surface area contributed by atoms with E-state index < -0.39 is 0 Å². The van der Waals surface area contributed by atoms with Crippen molar-refractivity contribution in [3.05, 3.63) is 42.5 Å². The van der Waals surface area contributed by atoms with Gasteiger partial charge in [-0.15, -0.1) is 0 Å². The molecule has 1 aromatic rings. The van der Waals surface area contributed by atoms with E-state index >= 15 is 0 Å². The van der Waals surface area contributed by atoms with E-state index in [1.54, 1.807) is 6.92 Å². The Balaban J connectivity index is 0.000000318. The van der Waals surface area contributed by atoms with Gasteiger partial charge in [0, 0.05) is 11.3 Å². The Bertz CT molecular complexity index is 346. The van der Waals surface area contributed by atoms with Crippen molar-refractivity contribution in [1.82, 2.24) is 0 Å². The number of carbonyl (C=O) groups excluding carboxylic acids is 1. The van der Waals surface area contributed by atoms with E-state index in [1.807, 2.05) is 44.2 Å². The largest absolute Gasteiger partial charge is 0.459 e. The van der Waals surface area contributed by atoms with Gasteiger partial charge in [-0.05, 0) is 32.4 Å². The number of nitrogen functional groups attached to an aromatic ring is 1. The summed E-state index contributed by atoms with van der Waals surface area (Å²) in [4.78, 5) is 10.8. The standard InChI is InChI=1S/C8H14O2.C6H7N/c1-5-7(4)10-8(9)6(2)3;7-6-4-2-1-3-5-6/h7H,2,5H2,1,3-4H3;1-5H,7H2. The molecule has 0 heterocycles. The Kier molecular flexibility index (Phi) is 7.52. The van der Waals surface area contributed by atoms with Crippen molar-refractivity contribution in [1.29, 1.82) is 0 Å². The summed E-state index contributed by atoms with van der Waals surface area (Å²) in [6, 6.07) is 9.49. The number of esters is 1. The molecular formula is C14H21NO2. The molecule has 0 aliphatic heterocycles. The lowest BCUT2D eigenvalue weighted by Crippen LogP contribution is -2.13. The molecule has 0 radical (unpaired) electrons. The van der Waals surface area contributed by atoms with Gasteiger partial charge >= 0.3 is 5.97 Å². The van der Waals surface area contributed by atoms with Crippen molar-refractivity contribution in [2.45, 2.75) is 33.3 Å². The summed E-state index contributed by atoms with van der Waals surface area (Å²) in [6.45, 7) is 8.94. The highest BCUT2D eigenvalue weighted by Gasteiger charge is 2.06. The number of anilines is 1. The van der Waals surface area contributed by atoms with E-state index in [4.69, 9.17) is 10.5 Å². The quantitative estimate of drug-likeness (QED) is 0.497. The Labute approximate surface area is 103 Å². The average molecular weight is 235 g/mol. The number of rotatable bonds is 3. The number of hydrogen-bond donors (Lipinski definition) is 1. The van der Waals surface area contributed by atoms with E-state index in [9.17, 15) is 4.79 Å². The van der Waals surface area contributed by atoms with E-state index in [0.29, 0.717) is 5.57 Å². The molecule has 0 saturated heterocycles. The van der Waals surface area contributed by atoms with Crippen molar-refractivity contribution < 1.29 is 9.53 Å². The molecule has 0 amide bonds. The molecule has 1 aromatic carbocycles. The SMILES string of the molecule is C=C(C)C(=O)OC(C)CC.Nc1ccccc1. The molecule has 0 bridgehead atoms. The van der Waals surface area contributed by atoms with E-state index in [-0.39, 0.29) is 12.1 Å². The second-order valence-corrected chi connectivity index (χ2v) is 3.82. The zero-order chi connectivity index (χ0) is 13.3.